The first kappa shape index (κ1) is 24.5. The first-order valence-electron chi connectivity index (χ1n) is 11.7. The summed E-state index contributed by atoms with van der Waals surface area (Å²) < 4.78 is 42.9. The number of carbonyl (C=O) groups is 1. The Hall–Kier alpha value is -3.20. The van der Waals surface area contributed by atoms with E-state index < -0.39 is 23.1 Å². The number of carbonyl (C=O) groups excluding carboxylic acids is 1. The average Bonchev–Trinajstić information content (AvgIpc) is 3.54. The van der Waals surface area contributed by atoms with Crippen LogP contribution in [0.1, 0.15) is 34.3 Å². The molecule has 3 aromatic rings. The number of amides is 1. The summed E-state index contributed by atoms with van der Waals surface area (Å²) >= 11 is 6.47. The molecule has 1 amide bonds. The van der Waals surface area contributed by atoms with Crippen molar-refractivity contribution in [1.29, 1.82) is 0 Å². The molecule has 1 fully saturated rings. The van der Waals surface area contributed by atoms with Gasteiger partial charge in [0.1, 0.15) is 18.2 Å². The molecule has 6 nitrogen and oxygen atoms in total. The normalized spacial score (nSPS) is 20.7. The maximum atomic E-state index is 15.9. The summed E-state index contributed by atoms with van der Waals surface area (Å²) in [5.74, 6) is -2.64. The molecular weight excluding hydrogens is 490 g/mol. The highest BCUT2D eigenvalue weighted by molar-refractivity contribution is 6.34. The molecule has 2 aliphatic heterocycles. The van der Waals surface area contributed by atoms with E-state index in [1.807, 2.05) is 30.3 Å². The molecule has 2 aliphatic rings. The highest BCUT2D eigenvalue weighted by Crippen LogP contribution is 2.52. The van der Waals surface area contributed by atoms with E-state index in [1.54, 1.807) is 0 Å². The molecule has 5 rings (SSSR count). The number of hydrogen-bond donors (Lipinski definition) is 3. The van der Waals surface area contributed by atoms with E-state index in [-0.39, 0.29) is 58.9 Å². The standard InChI is InChI=1S/C27H25ClF2N2O4/c28-24-18(29)13-20-17(14-27(36-20,21-7-4-10-32-21)15-5-2-1-3-6-15)22(24)23-16(26(31)34)8-9-19(25(23)30)35-12-11-33/h1-3,5-6,8-9,13,21,32-33H,4,7,10-12,14H2,(H2,31,34)/t21-,27-/m0/s1. The number of hydrogen-bond acceptors (Lipinski definition) is 5. The SMILES string of the molecule is NC(=O)c1ccc(OCCO)c(F)c1-c1c(Cl)c(F)cc2c1C[C@](c1ccccc1)([C@@H]1CCCN1)O2. The highest BCUT2D eigenvalue weighted by atomic mass is 35.5. The van der Waals surface area contributed by atoms with Crippen molar-refractivity contribution in [3.8, 4) is 22.6 Å². The fourth-order valence-corrected chi connectivity index (χ4v) is 5.56. The second kappa shape index (κ2) is 9.69. The lowest BCUT2D eigenvalue weighted by Crippen LogP contribution is -2.48. The summed E-state index contributed by atoms with van der Waals surface area (Å²) in [7, 11) is 0. The van der Waals surface area contributed by atoms with E-state index in [0.717, 1.165) is 24.9 Å². The minimum Gasteiger partial charge on any atom is -0.488 e. The van der Waals surface area contributed by atoms with Gasteiger partial charge in [-0.25, -0.2) is 8.78 Å². The molecule has 1 saturated heterocycles. The van der Waals surface area contributed by atoms with Crippen LogP contribution >= 0.6 is 11.6 Å². The first-order chi connectivity index (χ1) is 17.4. The Labute approximate surface area is 212 Å². The number of rotatable bonds is 7. The number of ether oxygens (including phenoxy) is 2. The third-order valence-corrected chi connectivity index (χ3v) is 7.24. The third kappa shape index (κ3) is 3.99. The van der Waals surface area contributed by atoms with Crippen molar-refractivity contribution in [2.24, 2.45) is 5.73 Å². The Balaban J connectivity index is 1.74. The number of nitrogens with two attached hydrogens (primary N) is 1. The minimum absolute atomic E-state index is 0.00298. The predicted molar refractivity (Wildman–Crippen MR) is 131 cm³/mol. The molecule has 36 heavy (non-hydrogen) atoms. The van der Waals surface area contributed by atoms with E-state index in [9.17, 15) is 4.79 Å². The van der Waals surface area contributed by atoms with Gasteiger partial charge in [-0.1, -0.05) is 41.9 Å². The van der Waals surface area contributed by atoms with Gasteiger partial charge in [0.2, 0.25) is 5.91 Å². The molecule has 0 radical (unpaired) electrons. The maximum Gasteiger partial charge on any atom is 0.249 e. The van der Waals surface area contributed by atoms with Crippen molar-refractivity contribution in [2.45, 2.75) is 30.9 Å². The molecule has 9 heteroatoms. The van der Waals surface area contributed by atoms with Gasteiger partial charge >= 0.3 is 0 Å². The van der Waals surface area contributed by atoms with Crippen LogP contribution in [0.4, 0.5) is 8.78 Å². The number of fused-ring (bicyclic) bond motifs is 1. The van der Waals surface area contributed by atoms with Crippen LogP contribution in [0.3, 0.4) is 0 Å². The zero-order valence-corrected chi connectivity index (χ0v) is 20.1. The predicted octanol–water partition coefficient (Wildman–Crippen LogP) is 4.34. The van der Waals surface area contributed by atoms with Gasteiger partial charge in [-0.15, -0.1) is 0 Å². The Morgan fingerprint density at radius 3 is 2.67 bits per heavy atom. The van der Waals surface area contributed by atoms with E-state index in [0.29, 0.717) is 5.56 Å². The summed E-state index contributed by atoms with van der Waals surface area (Å²) in [5, 5.41) is 12.3. The Kier molecular flexibility index (Phi) is 6.59. The average molecular weight is 515 g/mol. The fraction of sp³-hybridized carbons (Fsp3) is 0.296. The number of benzene rings is 3. The largest absolute Gasteiger partial charge is 0.488 e. The molecule has 2 heterocycles. The van der Waals surface area contributed by atoms with E-state index in [4.69, 9.17) is 31.9 Å². The van der Waals surface area contributed by atoms with Crippen LogP contribution in [-0.2, 0) is 12.0 Å². The molecule has 0 spiro atoms. The number of nitrogens with one attached hydrogen (secondary N) is 1. The van der Waals surface area contributed by atoms with Crippen LogP contribution in [0.15, 0.2) is 48.5 Å². The fourth-order valence-electron chi connectivity index (χ4n) is 5.30. The third-order valence-electron chi connectivity index (χ3n) is 6.87. The van der Waals surface area contributed by atoms with E-state index in [1.165, 1.54) is 18.2 Å². The summed E-state index contributed by atoms with van der Waals surface area (Å²) in [6.45, 7) is 0.296. The molecule has 0 bridgehead atoms. The van der Waals surface area contributed by atoms with Crippen molar-refractivity contribution in [3.63, 3.8) is 0 Å². The lowest BCUT2D eigenvalue weighted by Gasteiger charge is -2.35. The van der Waals surface area contributed by atoms with Crippen molar-refractivity contribution in [2.75, 3.05) is 19.8 Å². The van der Waals surface area contributed by atoms with Crippen LogP contribution in [0.25, 0.3) is 11.1 Å². The van der Waals surface area contributed by atoms with Crippen molar-refractivity contribution < 1.29 is 28.2 Å². The summed E-state index contributed by atoms with van der Waals surface area (Å²) in [5.41, 5.74) is 5.63. The highest BCUT2D eigenvalue weighted by Gasteiger charge is 2.50. The smallest absolute Gasteiger partial charge is 0.249 e. The van der Waals surface area contributed by atoms with Crippen LogP contribution in [0.2, 0.25) is 5.02 Å². The van der Waals surface area contributed by atoms with E-state index in [2.05, 4.69) is 5.32 Å². The zero-order chi connectivity index (χ0) is 25.4. The van der Waals surface area contributed by atoms with Gasteiger partial charge in [0.25, 0.3) is 0 Å². The number of halogens is 3. The second-order valence-electron chi connectivity index (χ2n) is 8.94. The quantitative estimate of drug-likeness (QED) is 0.436. The van der Waals surface area contributed by atoms with Crippen LogP contribution in [-0.4, -0.2) is 36.8 Å². The topological polar surface area (TPSA) is 93.8 Å². The van der Waals surface area contributed by atoms with Crippen molar-refractivity contribution in [1.82, 2.24) is 5.32 Å². The zero-order valence-electron chi connectivity index (χ0n) is 19.3. The van der Waals surface area contributed by atoms with Gasteiger partial charge in [-0.3, -0.25) is 4.79 Å². The van der Waals surface area contributed by atoms with Gasteiger partial charge in [0.05, 0.1) is 23.2 Å². The Bertz CT molecular complexity index is 1320. The van der Waals surface area contributed by atoms with Gasteiger partial charge in [-0.2, -0.15) is 0 Å². The molecule has 0 unspecified atom stereocenters. The molecular formula is C27H25ClF2N2O4. The van der Waals surface area contributed by atoms with Gasteiger partial charge in [-0.05, 0) is 37.1 Å². The molecule has 188 valence electrons. The molecule has 0 aliphatic carbocycles. The minimum atomic E-state index is -0.925. The Morgan fingerprint density at radius 2 is 2.00 bits per heavy atom. The lowest BCUT2D eigenvalue weighted by atomic mass is 9.80. The second-order valence-corrected chi connectivity index (χ2v) is 9.32. The molecule has 0 aromatic heterocycles. The van der Waals surface area contributed by atoms with Gasteiger partial charge in [0, 0.05) is 29.2 Å². The number of aliphatic hydroxyl groups excluding tert-OH is 1. The van der Waals surface area contributed by atoms with Crippen molar-refractivity contribution >= 4 is 17.5 Å². The maximum absolute atomic E-state index is 15.9. The van der Waals surface area contributed by atoms with E-state index >= 15 is 8.78 Å². The lowest BCUT2D eigenvalue weighted by molar-refractivity contribution is 0.0539. The van der Waals surface area contributed by atoms with Crippen LogP contribution < -0.4 is 20.5 Å². The molecule has 0 saturated carbocycles. The van der Waals surface area contributed by atoms with Gasteiger partial charge in [0.15, 0.2) is 17.2 Å². The van der Waals surface area contributed by atoms with Crippen LogP contribution in [0.5, 0.6) is 11.5 Å². The summed E-state index contributed by atoms with van der Waals surface area (Å²) in [4.78, 5) is 12.3. The van der Waals surface area contributed by atoms with Crippen molar-refractivity contribution in [3.05, 3.63) is 81.9 Å². The molecule has 3 aromatic carbocycles. The molecule has 2 atom stereocenters. The first-order valence-corrected chi connectivity index (χ1v) is 12.1. The summed E-state index contributed by atoms with van der Waals surface area (Å²) in [6, 6.07) is 13.3. The van der Waals surface area contributed by atoms with Crippen LogP contribution in [0, 0.1) is 11.6 Å². The summed E-state index contributed by atoms with van der Waals surface area (Å²) in [6.07, 6.45) is 2.05. The van der Waals surface area contributed by atoms with Gasteiger partial charge < -0.3 is 25.6 Å². The molecule has 4 N–H and O–H groups in total. The number of primary amides is 1. The number of aliphatic hydroxyl groups is 1. The monoisotopic (exact) mass is 514 g/mol. The Morgan fingerprint density at radius 1 is 1.22 bits per heavy atom.